The highest BCUT2D eigenvalue weighted by Gasteiger charge is 2.32. The third-order valence-corrected chi connectivity index (χ3v) is 6.74. The lowest BCUT2D eigenvalue weighted by molar-refractivity contribution is -0.140. The Morgan fingerprint density at radius 1 is 1.06 bits per heavy atom. The summed E-state index contributed by atoms with van der Waals surface area (Å²) in [5.74, 6) is 1.71. The number of benzene rings is 1. The molecular weight excluding hydrogens is 402 g/mol. The lowest BCUT2D eigenvalue weighted by Crippen LogP contribution is -2.56. The number of likely N-dealkylation sites (tertiary alicyclic amines) is 1. The van der Waals surface area contributed by atoms with E-state index in [9.17, 15) is 4.79 Å². The zero-order chi connectivity index (χ0) is 22.3. The summed E-state index contributed by atoms with van der Waals surface area (Å²) in [5.41, 5.74) is 2.21. The predicted molar refractivity (Wildman–Crippen MR) is 125 cm³/mol. The Hall–Kier alpha value is -2.25. The molecular formula is C25H37N5O2. The molecule has 2 saturated heterocycles. The summed E-state index contributed by atoms with van der Waals surface area (Å²) >= 11 is 0. The van der Waals surface area contributed by atoms with Crippen molar-refractivity contribution in [3.63, 3.8) is 0 Å². The first-order valence-electron chi connectivity index (χ1n) is 12.3. The quantitative estimate of drug-likeness (QED) is 0.628. The van der Waals surface area contributed by atoms with Crippen LogP contribution < -0.4 is 0 Å². The number of nitrogens with zero attached hydrogens (tertiary/aromatic N) is 5. The Morgan fingerprint density at radius 3 is 2.59 bits per heavy atom. The SMILES string of the molecule is CCCN1CCCCC1C(=O)N1CCN(CCCc2nc(-c3ccc(C)cc3)no2)CC1. The van der Waals surface area contributed by atoms with Crippen LogP contribution >= 0.6 is 0 Å². The molecule has 1 aromatic carbocycles. The van der Waals surface area contributed by atoms with E-state index in [2.05, 4.69) is 50.8 Å². The molecule has 0 saturated carbocycles. The molecule has 174 valence electrons. The van der Waals surface area contributed by atoms with Crippen LogP contribution in [0.4, 0.5) is 0 Å². The van der Waals surface area contributed by atoms with Crippen LogP contribution in [0.5, 0.6) is 0 Å². The third-order valence-electron chi connectivity index (χ3n) is 6.74. The summed E-state index contributed by atoms with van der Waals surface area (Å²) in [6.45, 7) is 11.0. The van der Waals surface area contributed by atoms with E-state index in [-0.39, 0.29) is 6.04 Å². The van der Waals surface area contributed by atoms with E-state index in [0.29, 0.717) is 17.6 Å². The molecule has 0 bridgehead atoms. The molecule has 7 nitrogen and oxygen atoms in total. The smallest absolute Gasteiger partial charge is 0.240 e. The van der Waals surface area contributed by atoms with Crippen LogP contribution in [-0.4, -0.2) is 82.6 Å². The van der Waals surface area contributed by atoms with Crippen LogP contribution in [0.25, 0.3) is 11.4 Å². The molecule has 1 atom stereocenters. The van der Waals surface area contributed by atoms with Gasteiger partial charge in [-0.25, -0.2) is 0 Å². The fraction of sp³-hybridized carbons (Fsp3) is 0.640. The van der Waals surface area contributed by atoms with Gasteiger partial charge in [0, 0.05) is 38.2 Å². The first-order chi connectivity index (χ1) is 15.6. The number of aryl methyl sites for hydroxylation is 2. The van der Waals surface area contributed by atoms with E-state index in [1.54, 1.807) is 0 Å². The van der Waals surface area contributed by atoms with Crippen molar-refractivity contribution >= 4 is 5.91 Å². The summed E-state index contributed by atoms with van der Waals surface area (Å²) in [6.07, 6.45) is 6.31. The van der Waals surface area contributed by atoms with Crippen molar-refractivity contribution in [2.75, 3.05) is 45.8 Å². The first-order valence-corrected chi connectivity index (χ1v) is 12.3. The van der Waals surface area contributed by atoms with Gasteiger partial charge in [0.25, 0.3) is 0 Å². The van der Waals surface area contributed by atoms with Crippen molar-refractivity contribution in [1.82, 2.24) is 24.8 Å². The minimum atomic E-state index is 0.107. The van der Waals surface area contributed by atoms with Gasteiger partial charge in [-0.1, -0.05) is 48.3 Å². The average Bonchev–Trinajstić information content (AvgIpc) is 3.29. The molecule has 1 amide bonds. The fourth-order valence-corrected chi connectivity index (χ4v) is 4.86. The van der Waals surface area contributed by atoms with Crippen molar-refractivity contribution in [2.45, 2.75) is 58.4 Å². The maximum Gasteiger partial charge on any atom is 0.240 e. The molecule has 0 spiro atoms. The van der Waals surface area contributed by atoms with Crippen molar-refractivity contribution in [1.29, 1.82) is 0 Å². The zero-order valence-corrected chi connectivity index (χ0v) is 19.6. The lowest BCUT2D eigenvalue weighted by Gasteiger charge is -2.40. The van der Waals surface area contributed by atoms with Gasteiger partial charge >= 0.3 is 0 Å². The normalized spacial score (nSPS) is 20.6. The average molecular weight is 440 g/mol. The second-order valence-electron chi connectivity index (χ2n) is 9.20. The van der Waals surface area contributed by atoms with Crippen LogP contribution in [0.1, 0.15) is 50.5 Å². The molecule has 2 aromatic rings. The Bertz CT molecular complexity index is 855. The second kappa shape index (κ2) is 11.1. The summed E-state index contributed by atoms with van der Waals surface area (Å²) < 4.78 is 5.45. The number of carbonyl (C=O) groups excluding carboxylic acids is 1. The molecule has 32 heavy (non-hydrogen) atoms. The summed E-state index contributed by atoms with van der Waals surface area (Å²) in [4.78, 5) is 24.6. The van der Waals surface area contributed by atoms with Crippen LogP contribution in [0.15, 0.2) is 28.8 Å². The minimum absolute atomic E-state index is 0.107. The number of hydrogen-bond acceptors (Lipinski definition) is 6. The minimum Gasteiger partial charge on any atom is -0.339 e. The first kappa shape index (κ1) is 22.9. The van der Waals surface area contributed by atoms with Crippen LogP contribution in [-0.2, 0) is 11.2 Å². The highest BCUT2D eigenvalue weighted by molar-refractivity contribution is 5.82. The number of aromatic nitrogens is 2. The molecule has 1 unspecified atom stereocenters. The fourth-order valence-electron chi connectivity index (χ4n) is 4.86. The summed E-state index contributed by atoms with van der Waals surface area (Å²) in [6, 6.07) is 8.28. The van der Waals surface area contributed by atoms with E-state index < -0.39 is 0 Å². The van der Waals surface area contributed by atoms with Gasteiger partial charge in [-0.2, -0.15) is 4.98 Å². The topological polar surface area (TPSA) is 65.7 Å². The number of carbonyl (C=O) groups is 1. The van der Waals surface area contributed by atoms with Crippen LogP contribution in [0.3, 0.4) is 0 Å². The molecule has 2 aliphatic rings. The van der Waals surface area contributed by atoms with Crippen molar-refractivity contribution in [2.24, 2.45) is 0 Å². The van der Waals surface area contributed by atoms with Gasteiger partial charge in [-0.05, 0) is 52.2 Å². The van der Waals surface area contributed by atoms with Gasteiger partial charge in [0.05, 0.1) is 6.04 Å². The van der Waals surface area contributed by atoms with Crippen LogP contribution in [0, 0.1) is 6.92 Å². The third kappa shape index (κ3) is 5.75. The van der Waals surface area contributed by atoms with Gasteiger partial charge in [-0.3, -0.25) is 14.6 Å². The van der Waals surface area contributed by atoms with E-state index in [0.717, 1.165) is 77.1 Å². The highest BCUT2D eigenvalue weighted by Crippen LogP contribution is 2.20. The van der Waals surface area contributed by atoms with Gasteiger partial charge < -0.3 is 9.42 Å². The monoisotopic (exact) mass is 439 g/mol. The Balaban J connectivity index is 1.19. The second-order valence-corrected chi connectivity index (χ2v) is 9.20. The van der Waals surface area contributed by atoms with Crippen molar-refractivity contribution in [3.05, 3.63) is 35.7 Å². The molecule has 0 radical (unpaired) electrons. The van der Waals surface area contributed by atoms with E-state index in [1.807, 2.05) is 12.1 Å². The van der Waals surface area contributed by atoms with E-state index in [4.69, 9.17) is 4.52 Å². The van der Waals surface area contributed by atoms with Crippen molar-refractivity contribution < 1.29 is 9.32 Å². The molecule has 0 aliphatic carbocycles. The number of piperidine rings is 1. The van der Waals surface area contributed by atoms with Crippen LogP contribution in [0.2, 0.25) is 0 Å². The molecule has 7 heteroatoms. The largest absolute Gasteiger partial charge is 0.339 e. The Labute approximate surface area is 191 Å². The van der Waals surface area contributed by atoms with Gasteiger partial charge in [0.15, 0.2) is 0 Å². The Kier molecular flexibility index (Phi) is 7.92. The summed E-state index contributed by atoms with van der Waals surface area (Å²) in [7, 11) is 0. The van der Waals surface area contributed by atoms with Gasteiger partial charge in [0.2, 0.25) is 17.6 Å². The highest BCUT2D eigenvalue weighted by atomic mass is 16.5. The maximum atomic E-state index is 13.1. The van der Waals surface area contributed by atoms with E-state index in [1.165, 1.54) is 18.4 Å². The van der Waals surface area contributed by atoms with Gasteiger partial charge in [-0.15, -0.1) is 0 Å². The number of piperazine rings is 1. The molecule has 2 aliphatic heterocycles. The van der Waals surface area contributed by atoms with E-state index >= 15 is 0 Å². The summed E-state index contributed by atoms with van der Waals surface area (Å²) in [5, 5.41) is 4.13. The molecule has 4 rings (SSSR count). The number of hydrogen-bond donors (Lipinski definition) is 0. The number of rotatable bonds is 8. The number of amides is 1. The predicted octanol–water partition coefficient (Wildman–Crippen LogP) is 3.39. The Morgan fingerprint density at radius 2 is 1.84 bits per heavy atom. The molecule has 3 heterocycles. The zero-order valence-electron chi connectivity index (χ0n) is 19.6. The lowest BCUT2D eigenvalue weighted by atomic mass is 10.00. The standard InChI is InChI=1S/C25H37N5O2/c1-3-13-29-15-5-4-7-22(29)25(31)30-18-16-28(17-19-30)14-6-8-23-26-24(27-32-23)21-11-9-20(2)10-12-21/h9-12,22H,3-8,13-19H2,1-2H3. The van der Waals surface area contributed by atoms with Crippen molar-refractivity contribution in [3.8, 4) is 11.4 Å². The molecule has 0 N–H and O–H groups in total. The molecule has 2 fully saturated rings. The maximum absolute atomic E-state index is 13.1. The molecule has 1 aromatic heterocycles. The van der Waals surface area contributed by atoms with Gasteiger partial charge in [0.1, 0.15) is 0 Å².